The molecule has 3 aromatic heterocycles. The first kappa shape index (κ1) is 25.3. The van der Waals surface area contributed by atoms with Gasteiger partial charge in [0.1, 0.15) is 16.9 Å². The summed E-state index contributed by atoms with van der Waals surface area (Å²) in [5.41, 5.74) is 0.487. The number of ether oxygens (including phenoxy) is 2. The number of hydrogen-bond acceptors (Lipinski definition) is 6. The average Bonchev–Trinajstić information content (AvgIpc) is 3.40. The summed E-state index contributed by atoms with van der Waals surface area (Å²) in [7, 11) is 0. The molecule has 0 saturated carbocycles. The molecule has 0 spiro atoms. The van der Waals surface area contributed by atoms with E-state index in [0.717, 1.165) is 12.8 Å². The number of aromatic nitrogens is 3. The van der Waals surface area contributed by atoms with Gasteiger partial charge in [0.15, 0.2) is 5.49 Å². The second kappa shape index (κ2) is 10.6. The van der Waals surface area contributed by atoms with E-state index >= 15 is 0 Å². The number of hydrogen-bond donors (Lipinski definition) is 0. The van der Waals surface area contributed by atoms with Crippen LogP contribution in [0, 0.1) is 0 Å². The highest BCUT2D eigenvalue weighted by Gasteiger charge is 2.24. The van der Waals surface area contributed by atoms with Crippen LogP contribution in [0.4, 0.5) is 0 Å². The van der Waals surface area contributed by atoms with Crippen molar-refractivity contribution in [2.75, 3.05) is 13.2 Å². The third-order valence-electron chi connectivity index (χ3n) is 6.06. The monoisotopic (exact) mass is 584 g/mol. The largest absolute Gasteiger partial charge is 0.462 e. The lowest BCUT2D eigenvalue weighted by Crippen LogP contribution is -2.35. The molecule has 0 aliphatic carbocycles. The van der Waals surface area contributed by atoms with Crippen molar-refractivity contribution in [3.63, 3.8) is 0 Å². The Bertz CT molecular complexity index is 1670. The van der Waals surface area contributed by atoms with Gasteiger partial charge in [-0.05, 0) is 56.2 Å². The summed E-state index contributed by atoms with van der Waals surface area (Å²) in [6, 6.07) is 11.4. The fraction of sp³-hybridized carbons (Fsp3) is 0.269. The van der Waals surface area contributed by atoms with Crippen molar-refractivity contribution < 1.29 is 19.1 Å². The van der Waals surface area contributed by atoms with Gasteiger partial charge in [-0.2, -0.15) is 4.99 Å². The average molecular weight is 586 g/mol. The Morgan fingerprint density at radius 2 is 2.08 bits per heavy atom. The second-order valence-electron chi connectivity index (χ2n) is 8.47. The fourth-order valence-electron chi connectivity index (χ4n) is 4.34. The number of benzene rings is 1. The van der Waals surface area contributed by atoms with Crippen molar-refractivity contribution in [2.45, 2.75) is 32.4 Å². The number of amides is 1. The van der Waals surface area contributed by atoms with Crippen LogP contribution < -0.4 is 11.0 Å². The number of pyridine rings is 2. The maximum Gasteiger partial charge on any atom is 0.341 e. The zero-order valence-corrected chi connectivity index (χ0v) is 22.2. The third-order valence-corrected chi connectivity index (χ3v) is 6.88. The summed E-state index contributed by atoms with van der Waals surface area (Å²) < 4.78 is 14.8. The van der Waals surface area contributed by atoms with E-state index in [-0.39, 0.29) is 57.5 Å². The van der Waals surface area contributed by atoms with Crippen molar-refractivity contribution in [1.82, 2.24) is 14.0 Å². The zero-order chi connectivity index (χ0) is 26.1. The summed E-state index contributed by atoms with van der Waals surface area (Å²) in [5.74, 6) is -1.37. The minimum atomic E-state index is -0.713. The summed E-state index contributed by atoms with van der Waals surface area (Å²) in [4.78, 5) is 49.0. The maximum atomic E-state index is 13.5. The highest BCUT2D eigenvalue weighted by Crippen LogP contribution is 2.22. The van der Waals surface area contributed by atoms with E-state index in [1.807, 2.05) is 0 Å². The molecule has 0 bridgehead atoms. The molecule has 1 atom stereocenters. The zero-order valence-electron chi connectivity index (χ0n) is 19.8. The van der Waals surface area contributed by atoms with Gasteiger partial charge >= 0.3 is 5.97 Å². The summed E-state index contributed by atoms with van der Waals surface area (Å²) in [5, 5.41) is 0.403. The quantitative estimate of drug-likeness (QED) is 0.257. The van der Waals surface area contributed by atoms with Gasteiger partial charge in [-0.1, -0.05) is 33.6 Å². The van der Waals surface area contributed by atoms with E-state index in [1.165, 1.54) is 10.5 Å². The van der Waals surface area contributed by atoms with Gasteiger partial charge in [-0.3, -0.25) is 14.0 Å². The standard InChI is InChI=1S/C26H22BrClN4O5/c1-2-36-26(35)19-13-18-22(29-21-7-3-4-10-31(21)25(18)34)32(14-16-6-5-11-37-16)23(19)30-24(33)17-12-15(27)8-9-20(17)28/h3-4,7-10,12-13,16H,2,5-6,11,14H2,1H3/t16-/m0/s1. The van der Waals surface area contributed by atoms with Crippen LogP contribution in [0.2, 0.25) is 5.02 Å². The Morgan fingerprint density at radius 1 is 1.24 bits per heavy atom. The van der Waals surface area contributed by atoms with E-state index in [4.69, 9.17) is 26.1 Å². The Morgan fingerprint density at radius 3 is 2.84 bits per heavy atom. The molecule has 37 heavy (non-hydrogen) atoms. The van der Waals surface area contributed by atoms with E-state index in [9.17, 15) is 14.4 Å². The summed E-state index contributed by atoms with van der Waals surface area (Å²) in [6.45, 7) is 2.60. The maximum absolute atomic E-state index is 13.5. The van der Waals surface area contributed by atoms with Crippen LogP contribution in [-0.4, -0.2) is 45.1 Å². The number of carbonyl (C=O) groups excluding carboxylic acids is 2. The van der Waals surface area contributed by atoms with Crippen LogP contribution in [0.3, 0.4) is 0 Å². The van der Waals surface area contributed by atoms with Crippen LogP contribution in [0.15, 0.2) is 62.9 Å². The molecule has 5 rings (SSSR count). The minimum Gasteiger partial charge on any atom is -0.462 e. The fourth-order valence-corrected chi connectivity index (χ4v) is 4.90. The molecule has 1 saturated heterocycles. The second-order valence-corrected chi connectivity index (χ2v) is 9.79. The molecule has 0 unspecified atom stereocenters. The number of esters is 1. The highest BCUT2D eigenvalue weighted by molar-refractivity contribution is 9.10. The smallest absolute Gasteiger partial charge is 0.341 e. The minimum absolute atomic E-state index is 0.0228. The SMILES string of the molecule is CCOC(=O)c1cc2c(=O)n3ccccc3nc2n(C[C@@H]2CCCO2)c1=NC(=O)c1cc(Br)ccc1Cl. The Kier molecular flexibility index (Phi) is 7.23. The van der Waals surface area contributed by atoms with Gasteiger partial charge in [-0.15, -0.1) is 0 Å². The number of fused-ring (bicyclic) bond motifs is 2. The van der Waals surface area contributed by atoms with Crippen LogP contribution >= 0.6 is 27.5 Å². The Hall–Kier alpha value is -3.34. The van der Waals surface area contributed by atoms with Gasteiger partial charge in [0.25, 0.3) is 11.5 Å². The molecule has 11 heteroatoms. The first-order valence-corrected chi connectivity index (χ1v) is 12.9. The van der Waals surface area contributed by atoms with Gasteiger partial charge in [0, 0.05) is 17.3 Å². The van der Waals surface area contributed by atoms with Crippen LogP contribution in [0.25, 0.3) is 16.7 Å². The van der Waals surface area contributed by atoms with Crippen molar-refractivity contribution in [3.05, 3.63) is 85.1 Å². The summed E-state index contributed by atoms with van der Waals surface area (Å²) in [6.07, 6.45) is 3.05. The topological polar surface area (TPSA) is 104 Å². The molecule has 1 fully saturated rings. The van der Waals surface area contributed by atoms with E-state index in [2.05, 4.69) is 20.9 Å². The lowest BCUT2D eigenvalue weighted by molar-refractivity contribution is 0.0521. The normalized spacial score (nSPS) is 16.0. The first-order valence-electron chi connectivity index (χ1n) is 11.7. The first-order chi connectivity index (χ1) is 17.9. The lowest BCUT2D eigenvalue weighted by Gasteiger charge is -2.18. The van der Waals surface area contributed by atoms with Crippen molar-refractivity contribution in [2.24, 2.45) is 4.99 Å². The highest BCUT2D eigenvalue weighted by atomic mass is 79.9. The van der Waals surface area contributed by atoms with Gasteiger partial charge in [0.2, 0.25) is 0 Å². The van der Waals surface area contributed by atoms with Crippen molar-refractivity contribution >= 4 is 56.1 Å². The predicted octanol–water partition coefficient (Wildman–Crippen LogP) is 4.16. The number of nitrogens with zero attached hydrogens (tertiary/aromatic N) is 4. The number of rotatable bonds is 5. The molecule has 0 radical (unpaired) electrons. The van der Waals surface area contributed by atoms with Gasteiger partial charge in [-0.25, -0.2) is 9.78 Å². The Balaban J connectivity index is 1.87. The molecule has 9 nitrogen and oxygen atoms in total. The summed E-state index contributed by atoms with van der Waals surface area (Å²) >= 11 is 9.64. The molecule has 1 aromatic carbocycles. The Labute approximate surface area is 224 Å². The van der Waals surface area contributed by atoms with Crippen LogP contribution in [0.1, 0.15) is 40.5 Å². The number of halogens is 2. The predicted molar refractivity (Wildman–Crippen MR) is 141 cm³/mol. The van der Waals surface area contributed by atoms with Gasteiger partial charge < -0.3 is 14.0 Å². The van der Waals surface area contributed by atoms with E-state index in [1.54, 1.807) is 54.1 Å². The molecule has 190 valence electrons. The lowest BCUT2D eigenvalue weighted by atomic mass is 10.1. The molecule has 4 aromatic rings. The molecule has 4 heterocycles. The van der Waals surface area contributed by atoms with Crippen molar-refractivity contribution in [1.29, 1.82) is 0 Å². The molecular formula is C26H22BrClN4O5. The third kappa shape index (κ3) is 4.96. The molecular weight excluding hydrogens is 564 g/mol. The van der Waals surface area contributed by atoms with Crippen LogP contribution in [-0.2, 0) is 16.0 Å². The van der Waals surface area contributed by atoms with Crippen LogP contribution in [0.5, 0.6) is 0 Å². The van der Waals surface area contributed by atoms with Crippen molar-refractivity contribution in [3.8, 4) is 0 Å². The molecule has 1 amide bonds. The molecule has 1 aliphatic rings. The molecule has 0 N–H and O–H groups in total. The van der Waals surface area contributed by atoms with E-state index < -0.39 is 11.9 Å². The number of carbonyl (C=O) groups is 2. The van der Waals surface area contributed by atoms with Gasteiger partial charge in [0.05, 0.1) is 35.2 Å². The molecule has 1 aliphatic heterocycles. The van der Waals surface area contributed by atoms with E-state index in [0.29, 0.717) is 16.7 Å².